The molecule has 0 unspecified atom stereocenters. The molecule has 0 aliphatic heterocycles. The van der Waals surface area contributed by atoms with E-state index >= 15 is 0 Å². The summed E-state index contributed by atoms with van der Waals surface area (Å²) in [5.74, 6) is -0.146. The summed E-state index contributed by atoms with van der Waals surface area (Å²) in [5.41, 5.74) is -1.70. The molecule has 0 fully saturated rings. The molecule has 14 heteroatoms. The Bertz CT molecular complexity index is 1430. The third-order valence-electron chi connectivity index (χ3n) is 5.08. The molecule has 0 spiro atoms. The van der Waals surface area contributed by atoms with Gasteiger partial charge in [-0.05, 0) is 30.3 Å². The van der Waals surface area contributed by atoms with E-state index in [2.05, 4.69) is 10.1 Å². The standard InChI is InChI=1S/C22H15ClF6N4O2S/c23-13-7-5-12(6-8-13)18-31-33(20(35)32(18)11-17(34)22(27,28)29)10-14-9-30-19(36-14)15-3-1-2-4-16(15)21(24,25)26/h1-9,17,34H,10-11H2/t17-/m0/s1. The fourth-order valence-corrected chi connectivity index (χ4v) is 4.43. The number of thiazole rings is 1. The van der Waals surface area contributed by atoms with Gasteiger partial charge in [0, 0.05) is 27.2 Å². The topological polar surface area (TPSA) is 72.9 Å². The van der Waals surface area contributed by atoms with Crippen molar-refractivity contribution in [2.45, 2.75) is 31.5 Å². The van der Waals surface area contributed by atoms with Crippen LogP contribution in [0.4, 0.5) is 26.3 Å². The van der Waals surface area contributed by atoms with E-state index in [-0.39, 0.29) is 28.5 Å². The zero-order chi connectivity index (χ0) is 26.3. The van der Waals surface area contributed by atoms with Crippen LogP contribution in [-0.2, 0) is 19.3 Å². The summed E-state index contributed by atoms with van der Waals surface area (Å²) < 4.78 is 80.6. The molecular weight excluding hydrogens is 534 g/mol. The van der Waals surface area contributed by atoms with Crippen LogP contribution in [0.25, 0.3) is 22.0 Å². The third kappa shape index (κ3) is 5.47. The van der Waals surface area contributed by atoms with Crippen molar-refractivity contribution in [3.05, 3.63) is 80.7 Å². The molecule has 0 saturated heterocycles. The average Bonchev–Trinajstić information content (AvgIpc) is 3.39. The molecule has 0 aliphatic rings. The number of alkyl halides is 6. The van der Waals surface area contributed by atoms with Gasteiger partial charge in [-0.25, -0.2) is 14.5 Å². The van der Waals surface area contributed by atoms with E-state index in [1.54, 1.807) is 0 Å². The van der Waals surface area contributed by atoms with Gasteiger partial charge in [0.15, 0.2) is 11.9 Å². The smallest absolute Gasteiger partial charge is 0.382 e. The molecule has 36 heavy (non-hydrogen) atoms. The van der Waals surface area contributed by atoms with Crippen molar-refractivity contribution in [1.29, 1.82) is 0 Å². The van der Waals surface area contributed by atoms with Gasteiger partial charge in [0.2, 0.25) is 0 Å². The summed E-state index contributed by atoms with van der Waals surface area (Å²) in [6.45, 7) is -1.37. The van der Waals surface area contributed by atoms with Gasteiger partial charge in [-0.15, -0.1) is 16.4 Å². The molecule has 0 saturated carbocycles. The molecule has 4 rings (SSSR count). The second-order valence-corrected chi connectivity index (χ2v) is 9.17. The van der Waals surface area contributed by atoms with E-state index in [4.69, 9.17) is 11.6 Å². The molecule has 1 atom stereocenters. The Morgan fingerprint density at radius 3 is 2.33 bits per heavy atom. The molecule has 6 nitrogen and oxygen atoms in total. The van der Waals surface area contributed by atoms with Crippen LogP contribution < -0.4 is 5.69 Å². The number of benzene rings is 2. The van der Waals surface area contributed by atoms with Gasteiger partial charge in [-0.1, -0.05) is 29.8 Å². The second kappa shape index (κ2) is 9.71. The number of hydrogen-bond acceptors (Lipinski definition) is 5. The Labute approximate surface area is 208 Å². The summed E-state index contributed by atoms with van der Waals surface area (Å²) in [6, 6.07) is 10.7. The zero-order valence-electron chi connectivity index (χ0n) is 17.9. The molecule has 0 radical (unpaired) electrons. The molecule has 0 bridgehead atoms. The number of aliphatic hydroxyl groups excluding tert-OH is 1. The lowest BCUT2D eigenvalue weighted by Crippen LogP contribution is -2.37. The van der Waals surface area contributed by atoms with E-state index in [0.717, 1.165) is 22.1 Å². The maximum atomic E-state index is 13.4. The van der Waals surface area contributed by atoms with Crippen molar-refractivity contribution in [2.75, 3.05) is 0 Å². The Hall–Kier alpha value is -3.16. The Kier molecular flexibility index (Phi) is 6.99. The highest BCUT2D eigenvalue weighted by atomic mass is 35.5. The van der Waals surface area contributed by atoms with Crippen LogP contribution in [0.1, 0.15) is 10.4 Å². The third-order valence-corrected chi connectivity index (χ3v) is 6.35. The van der Waals surface area contributed by atoms with Gasteiger partial charge in [0.1, 0.15) is 5.01 Å². The van der Waals surface area contributed by atoms with Crippen LogP contribution >= 0.6 is 22.9 Å². The van der Waals surface area contributed by atoms with Gasteiger partial charge in [0.25, 0.3) is 0 Å². The van der Waals surface area contributed by atoms with Crippen LogP contribution in [0, 0.1) is 0 Å². The number of nitrogens with zero attached hydrogens (tertiary/aromatic N) is 4. The largest absolute Gasteiger partial charge is 0.417 e. The second-order valence-electron chi connectivity index (χ2n) is 7.61. The molecule has 2 aromatic carbocycles. The van der Waals surface area contributed by atoms with Crippen molar-refractivity contribution in [3.8, 4) is 22.0 Å². The summed E-state index contributed by atoms with van der Waals surface area (Å²) in [7, 11) is 0. The Balaban J connectivity index is 1.71. The predicted molar refractivity (Wildman–Crippen MR) is 121 cm³/mol. The van der Waals surface area contributed by atoms with E-state index in [1.807, 2.05) is 0 Å². The highest BCUT2D eigenvalue weighted by Gasteiger charge is 2.39. The quantitative estimate of drug-likeness (QED) is 0.324. The van der Waals surface area contributed by atoms with Gasteiger partial charge < -0.3 is 5.11 Å². The van der Waals surface area contributed by atoms with Crippen molar-refractivity contribution in [1.82, 2.24) is 19.3 Å². The summed E-state index contributed by atoms with van der Waals surface area (Å²) in [6.07, 6.45) is -11.1. The van der Waals surface area contributed by atoms with Gasteiger partial charge in [0.05, 0.1) is 18.7 Å². The number of aromatic nitrogens is 4. The van der Waals surface area contributed by atoms with E-state index < -0.39 is 36.3 Å². The van der Waals surface area contributed by atoms with Crippen LogP contribution in [0.2, 0.25) is 5.02 Å². The van der Waals surface area contributed by atoms with E-state index in [0.29, 0.717) is 14.5 Å². The fourth-order valence-electron chi connectivity index (χ4n) is 3.37. The lowest BCUT2D eigenvalue weighted by Gasteiger charge is -2.15. The van der Waals surface area contributed by atoms with Crippen LogP contribution in [0.5, 0.6) is 0 Å². The monoisotopic (exact) mass is 548 g/mol. The summed E-state index contributed by atoms with van der Waals surface area (Å²) >= 11 is 6.74. The average molecular weight is 549 g/mol. The molecule has 2 heterocycles. The molecule has 0 aliphatic carbocycles. The van der Waals surface area contributed by atoms with Crippen LogP contribution in [-0.4, -0.2) is 36.7 Å². The first-order chi connectivity index (χ1) is 16.8. The lowest BCUT2D eigenvalue weighted by molar-refractivity contribution is -0.207. The SMILES string of the molecule is O=c1n(Cc2cnc(-c3ccccc3C(F)(F)F)s2)nc(-c2ccc(Cl)cc2)n1C[C@H](O)C(F)(F)F. The molecular formula is C22H15ClF6N4O2S. The Morgan fingerprint density at radius 2 is 1.69 bits per heavy atom. The minimum Gasteiger partial charge on any atom is -0.382 e. The fraction of sp³-hybridized carbons (Fsp3) is 0.227. The van der Waals surface area contributed by atoms with Gasteiger partial charge >= 0.3 is 18.0 Å². The van der Waals surface area contributed by atoms with Crippen LogP contribution in [0.15, 0.2) is 59.5 Å². The molecule has 1 N–H and O–H groups in total. The molecule has 2 aromatic heterocycles. The number of rotatable bonds is 6. The minimum absolute atomic E-state index is 0.0517. The van der Waals surface area contributed by atoms with E-state index in [9.17, 15) is 36.2 Å². The summed E-state index contributed by atoms with van der Waals surface area (Å²) in [4.78, 5) is 17.3. The first kappa shape index (κ1) is 25.9. The first-order valence-corrected chi connectivity index (χ1v) is 11.3. The molecule has 0 amide bonds. The first-order valence-electron chi connectivity index (χ1n) is 10.1. The van der Waals surface area contributed by atoms with Crippen molar-refractivity contribution < 1.29 is 31.4 Å². The highest BCUT2D eigenvalue weighted by Crippen LogP contribution is 2.38. The van der Waals surface area contributed by atoms with E-state index in [1.165, 1.54) is 48.7 Å². The minimum atomic E-state index is -4.97. The Morgan fingerprint density at radius 1 is 1.03 bits per heavy atom. The van der Waals surface area contributed by atoms with Gasteiger partial charge in [-0.3, -0.25) is 4.57 Å². The zero-order valence-corrected chi connectivity index (χ0v) is 19.5. The summed E-state index contributed by atoms with van der Waals surface area (Å²) in [5, 5.41) is 14.1. The molecule has 190 valence electrons. The van der Waals surface area contributed by atoms with Gasteiger partial charge in [-0.2, -0.15) is 26.3 Å². The number of halogens is 7. The molecule has 4 aromatic rings. The number of hydrogen-bond donors (Lipinski definition) is 1. The highest BCUT2D eigenvalue weighted by molar-refractivity contribution is 7.15. The number of aliphatic hydroxyl groups is 1. The van der Waals surface area contributed by atoms with Crippen molar-refractivity contribution in [3.63, 3.8) is 0 Å². The lowest BCUT2D eigenvalue weighted by atomic mass is 10.1. The van der Waals surface area contributed by atoms with Crippen LogP contribution in [0.3, 0.4) is 0 Å². The van der Waals surface area contributed by atoms with Crippen molar-refractivity contribution >= 4 is 22.9 Å². The van der Waals surface area contributed by atoms with Crippen molar-refractivity contribution in [2.24, 2.45) is 0 Å². The maximum absolute atomic E-state index is 13.4. The maximum Gasteiger partial charge on any atom is 0.417 e. The predicted octanol–water partition coefficient (Wildman–Crippen LogP) is 5.48. The normalized spacial score (nSPS) is 13.2.